The highest BCUT2D eigenvalue weighted by Crippen LogP contribution is 2.41. The summed E-state index contributed by atoms with van der Waals surface area (Å²) >= 11 is 0. The van der Waals surface area contributed by atoms with Gasteiger partial charge in [-0.2, -0.15) is 0 Å². The van der Waals surface area contributed by atoms with E-state index in [2.05, 4.69) is 23.3 Å². The number of aryl methyl sites for hydroxylation is 1. The summed E-state index contributed by atoms with van der Waals surface area (Å²) in [6.45, 7) is 4.62. The fourth-order valence-corrected chi connectivity index (χ4v) is 3.84. The van der Waals surface area contributed by atoms with E-state index in [0.29, 0.717) is 12.0 Å². The lowest BCUT2D eigenvalue weighted by Gasteiger charge is -2.40. The number of hydrogen-bond acceptors (Lipinski definition) is 4. The molecule has 3 heterocycles. The first-order valence-electron chi connectivity index (χ1n) is 8.11. The van der Waals surface area contributed by atoms with Crippen molar-refractivity contribution in [2.75, 3.05) is 26.9 Å². The van der Waals surface area contributed by atoms with E-state index < -0.39 is 0 Å². The van der Waals surface area contributed by atoms with Crippen LogP contribution in [0.2, 0.25) is 0 Å². The van der Waals surface area contributed by atoms with E-state index in [9.17, 15) is 0 Å². The van der Waals surface area contributed by atoms with Crippen LogP contribution in [0, 0.1) is 5.92 Å². The van der Waals surface area contributed by atoms with E-state index in [4.69, 9.17) is 9.47 Å². The van der Waals surface area contributed by atoms with Crippen LogP contribution < -0.4 is 5.32 Å². The zero-order chi connectivity index (χ0) is 14.7. The number of rotatable bonds is 4. The van der Waals surface area contributed by atoms with Crippen LogP contribution in [0.4, 0.5) is 0 Å². The van der Waals surface area contributed by atoms with Crippen molar-refractivity contribution in [2.45, 2.75) is 44.2 Å². The Morgan fingerprint density at radius 3 is 3.10 bits per heavy atom. The maximum Gasteiger partial charge on any atom is 0.0940 e. The third-order valence-electron chi connectivity index (χ3n) is 4.98. The van der Waals surface area contributed by atoms with Crippen molar-refractivity contribution in [3.63, 3.8) is 0 Å². The van der Waals surface area contributed by atoms with Crippen LogP contribution in [-0.2, 0) is 15.9 Å². The maximum absolute atomic E-state index is 6.07. The van der Waals surface area contributed by atoms with Crippen LogP contribution in [-0.4, -0.2) is 37.5 Å². The summed E-state index contributed by atoms with van der Waals surface area (Å²) in [4.78, 5) is 4.68. The van der Waals surface area contributed by atoms with Crippen molar-refractivity contribution in [3.05, 3.63) is 29.6 Å². The van der Waals surface area contributed by atoms with Gasteiger partial charge in [-0.05, 0) is 43.9 Å². The van der Waals surface area contributed by atoms with Crippen LogP contribution in [0.5, 0.6) is 0 Å². The van der Waals surface area contributed by atoms with Gasteiger partial charge in [0.15, 0.2) is 0 Å². The number of aromatic nitrogens is 1. The first-order chi connectivity index (χ1) is 10.3. The van der Waals surface area contributed by atoms with Crippen molar-refractivity contribution in [1.82, 2.24) is 10.3 Å². The van der Waals surface area contributed by atoms with Gasteiger partial charge < -0.3 is 14.8 Å². The summed E-state index contributed by atoms with van der Waals surface area (Å²) in [5.74, 6) is 0.561. The molecule has 0 saturated carbocycles. The van der Waals surface area contributed by atoms with E-state index in [1.165, 1.54) is 11.3 Å². The molecule has 1 spiro atoms. The van der Waals surface area contributed by atoms with Crippen molar-refractivity contribution in [1.29, 1.82) is 0 Å². The van der Waals surface area contributed by atoms with Gasteiger partial charge in [-0.1, -0.05) is 13.0 Å². The molecule has 4 heteroatoms. The molecule has 0 bridgehead atoms. The normalized spacial score (nSPS) is 30.7. The minimum absolute atomic E-state index is 0.0425. The Kier molecular flexibility index (Phi) is 4.57. The van der Waals surface area contributed by atoms with E-state index in [1.54, 1.807) is 0 Å². The molecule has 1 aromatic heterocycles. The Bertz CT molecular complexity index is 472. The van der Waals surface area contributed by atoms with Crippen molar-refractivity contribution in [2.24, 2.45) is 5.92 Å². The molecule has 0 amide bonds. The third kappa shape index (κ3) is 2.98. The molecule has 3 rings (SSSR count). The molecular weight excluding hydrogens is 264 g/mol. The van der Waals surface area contributed by atoms with Crippen molar-refractivity contribution >= 4 is 0 Å². The summed E-state index contributed by atoms with van der Waals surface area (Å²) in [5.41, 5.74) is 2.52. The number of nitrogens with one attached hydrogen (secondary N) is 1. The van der Waals surface area contributed by atoms with Gasteiger partial charge in [0.2, 0.25) is 0 Å². The second kappa shape index (κ2) is 6.42. The van der Waals surface area contributed by atoms with Gasteiger partial charge in [-0.25, -0.2) is 0 Å². The molecule has 3 atom stereocenters. The molecule has 0 radical (unpaired) electrons. The second-order valence-corrected chi connectivity index (χ2v) is 6.25. The fourth-order valence-electron chi connectivity index (χ4n) is 3.84. The SMILES string of the molecule is CCc1cccnc1C(NC)C1CCOC2(CCOC2)C1. The zero-order valence-electron chi connectivity index (χ0n) is 13.1. The Morgan fingerprint density at radius 2 is 2.38 bits per heavy atom. The van der Waals surface area contributed by atoms with E-state index in [0.717, 1.165) is 45.5 Å². The predicted molar refractivity (Wildman–Crippen MR) is 82.3 cm³/mol. The fraction of sp³-hybridized carbons (Fsp3) is 0.706. The van der Waals surface area contributed by atoms with Crippen molar-refractivity contribution in [3.8, 4) is 0 Å². The smallest absolute Gasteiger partial charge is 0.0940 e. The Morgan fingerprint density at radius 1 is 1.48 bits per heavy atom. The van der Waals surface area contributed by atoms with Crippen LogP contribution in [0.15, 0.2) is 18.3 Å². The highest BCUT2D eigenvalue weighted by atomic mass is 16.6. The summed E-state index contributed by atoms with van der Waals surface area (Å²) < 4.78 is 11.7. The minimum atomic E-state index is -0.0425. The lowest BCUT2D eigenvalue weighted by Crippen LogP contribution is -2.44. The topological polar surface area (TPSA) is 43.4 Å². The molecule has 2 aliphatic heterocycles. The highest BCUT2D eigenvalue weighted by Gasteiger charge is 2.43. The molecule has 21 heavy (non-hydrogen) atoms. The highest BCUT2D eigenvalue weighted by molar-refractivity contribution is 5.24. The molecule has 0 aliphatic carbocycles. The molecule has 1 N–H and O–H groups in total. The first-order valence-corrected chi connectivity index (χ1v) is 8.11. The standard InChI is InChI=1S/C17H26N2O2/c1-3-13-5-4-8-19-16(13)15(18-2)14-6-9-21-17(11-14)7-10-20-12-17/h4-5,8,14-15,18H,3,6-7,9-12H2,1-2H3. The lowest BCUT2D eigenvalue weighted by molar-refractivity contribution is -0.103. The summed E-state index contributed by atoms with van der Waals surface area (Å²) in [5, 5.41) is 3.51. The summed E-state index contributed by atoms with van der Waals surface area (Å²) in [7, 11) is 2.05. The van der Waals surface area contributed by atoms with Gasteiger partial charge >= 0.3 is 0 Å². The Labute approximate surface area is 127 Å². The summed E-state index contributed by atoms with van der Waals surface area (Å²) in [6.07, 6.45) is 6.12. The van der Waals surface area contributed by atoms with Crippen molar-refractivity contribution < 1.29 is 9.47 Å². The predicted octanol–water partition coefficient (Wildman–Crippen LogP) is 2.49. The van der Waals surface area contributed by atoms with E-state index >= 15 is 0 Å². The molecule has 4 nitrogen and oxygen atoms in total. The quantitative estimate of drug-likeness (QED) is 0.925. The van der Waals surface area contributed by atoms with E-state index in [1.807, 2.05) is 19.3 Å². The zero-order valence-corrected chi connectivity index (χ0v) is 13.1. The van der Waals surface area contributed by atoms with Crippen LogP contribution >= 0.6 is 0 Å². The van der Waals surface area contributed by atoms with Crippen LogP contribution in [0.25, 0.3) is 0 Å². The number of ether oxygens (including phenoxy) is 2. The van der Waals surface area contributed by atoms with Gasteiger partial charge in [-0.3, -0.25) is 4.98 Å². The minimum Gasteiger partial charge on any atom is -0.378 e. The molecule has 116 valence electrons. The Hall–Kier alpha value is -0.970. The number of hydrogen-bond donors (Lipinski definition) is 1. The molecule has 2 fully saturated rings. The summed E-state index contributed by atoms with van der Waals surface area (Å²) in [6, 6.07) is 4.54. The third-order valence-corrected chi connectivity index (χ3v) is 4.98. The maximum atomic E-state index is 6.07. The van der Waals surface area contributed by atoms with Gasteiger partial charge in [0, 0.05) is 25.8 Å². The first kappa shape index (κ1) is 14.9. The second-order valence-electron chi connectivity index (χ2n) is 6.25. The Balaban J connectivity index is 1.82. The van der Waals surface area contributed by atoms with E-state index in [-0.39, 0.29) is 5.60 Å². The monoisotopic (exact) mass is 290 g/mol. The molecule has 0 aromatic carbocycles. The average Bonchev–Trinajstić information content (AvgIpc) is 2.96. The molecular formula is C17H26N2O2. The largest absolute Gasteiger partial charge is 0.378 e. The van der Waals surface area contributed by atoms with Crippen LogP contribution in [0.1, 0.15) is 43.5 Å². The van der Waals surface area contributed by atoms with Gasteiger partial charge in [0.05, 0.1) is 23.9 Å². The van der Waals surface area contributed by atoms with Gasteiger partial charge in [0.25, 0.3) is 0 Å². The average molecular weight is 290 g/mol. The molecule has 2 saturated heterocycles. The van der Waals surface area contributed by atoms with Gasteiger partial charge in [-0.15, -0.1) is 0 Å². The molecule has 3 unspecified atom stereocenters. The molecule has 1 aromatic rings. The van der Waals surface area contributed by atoms with Gasteiger partial charge in [0.1, 0.15) is 0 Å². The molecule has 2 aliphatic rings. The van der Waals surface area contributed by atoms with Crippen LogP contribution in [0.3, 0.4) is 0 Å². The number of pyridine rings is 1. The lowest BCUT2D eigenvalue weighted by atomic mass is 9.79. The number of nitrogens with zero attached hydrogens (tertiary/aromatic N) is 1.